The Labute approximate surface area is 115 Å². The molecule has 6 heteroatoms. The van der Waals surface area contributed by atoms with Crippen molar-refractivity contribution in [1.82, 2.24) is 14.9 Å². The van der Waals surface area contributed by atoms with E-state index in [-0.39, 0.29) is 5.91 Å². The summed E-state index contributed by atoms with van der Waals surface area (Å²) in [6, 6.07) is 1.92. The summed E-state index contributed by atoms with van der Waals surface area (Å²) in [4.78, 5) is 23.4. The molecule has 2 N–H and O–H groups in total. The largest absolute Gasteiger partial charge is 0.383 e. The number of thiophene rings is 1. The van der Waals surface area contributed by atoms with Crippen molar-refractivity contribution < 1.29 is 4.79 Å². The molecular formula is C13H16N4OS. The van der Waals surface area contributed by atoms with Crippen LogP contribution in [-0.2, 0) is 11.3 Å². The standard InChI is InChI=1S/C13H16N4OS/c1-2-8-5-11(18)17(6-8)7-10-15-12(14)9-3-4-19-13(9)16-10/h3-4,8H,2,5-7H2,1H3,(H2,14,15,16). The van der Waals surface area contributed by atoms with Crippen LogP contribution in [0.1, 0.15) is 25.6 Å². The summed E-state index contributed by atoms with van der Waals surface area (Å²) < 4.78 is 0. The van der Waals surface area contributed by atoms with Crippen molar-refractivity contribution in [3.8, 4) is 0 Å². The van der Waals surface area contributed by atoms with Gasteiger partial charge in [-0.3, -0.25) is 4.79 Å². The van der Waals surface area contributed by atoms with Crippen molar-refractivity contribution in [3.05, 3.63) is 17.3 Å². The Morgan fingerprint density at radius 1 is 1.53 bits per heavy atom. The normalized spacial score (nSPS) is 19.5. The van der Waals surface area contributed by atoms with E-state index in [9.17, 15) is 4.79 Å². The molecule has 3 rings (SSSR count). The van der Waals surface area contributed by atoms with Gasteiger partial charge in [0.05, 0.1) is 11.9 Å². The maximum absolute atomic E-state index is 11.9. The highest BCUT2D eigenvalue weighted by molar-refractivity contribution is 7.16. The second-order valence-corrected chi connectivity index (χ2v) is 5.81. The third-order valence-electron chi connectivity index (χ3n) is 3.61. The smallest absolute Gasteiger partial charge is 0.223 e. The summed E-state index contributed by atoms with van der Waals surface area (Å²) in [5.41, 5.74) is 5.92. The number of aromatic nitrogens is 2. The summed E-state index contributed by atoms with van der Waals surface area (Å²) >= 11 is 1.54. The van der Waals surface area contributed by atoms with Crippen molar-refractivity contribution in [2.75, 3.05) is 12.3 Å². The number of nitrogens with two attached hydrogens (primary N) is 1. The van der Waals surface area contributed by atoms with E-state index in [2.05, 4.69) is 16.9 Å². The van der Waals surface area contributed by atoms with Crippen molar-refractivity contribution in [3.63, 3.8) is 0 Å². The van der Waals surface area contributed by atoms with E-state index < -0.39 is 0 Å². The molecule has 1 fully saturated rings. The number of fused-ring (bicyclic) bond motifs is 1. The fraction of sp³-hybridized carbons (Fsp3) is 0.462. The van der Waals surface area contributed by atoms with Gasteiger partial charge in [0.15, 0.2) is 5.82 Å². The predicted molar refractivity (Wildman–Crippen MR) is 75.6 cm³/mol. The predicted octanol–water partition coefficient (Wildman–Crippen LogP) is 2.03. The molecule has 0 aliphatic carbocycles. The minimum Gasteiger partial charge on any atom is -0.383 e. The first-order valence-electron chi connectivity index (χ1n) is 6.44. The fourth-order valence-electron chi connectivity index (χ4n) is 2.45. The molecule has 1 atom stereocenters. The first-order valence-corrected chi connectivity index (χ1v) is 7.32. The van der Waals surface area contributed by atoms with E-state index >= 15 is 0 Å². The van der Waals surface area contributed by atoms with E-state index in [1.165, 1.54) is 0 Å². The highest BCUT2D eigenvalue weighted by Crippen LogP contribution is 2.25. The lowest BCUT2D eigenvalue weighted by molar-refractivity contribution is -0.128. The van der Waals surface area contributed by atoms with Crippen LogP contribution in [0.25, 0.3) is 10.2 Å². The number of nitrogens with zero attached hydrogens (tertiary/aromatic N) is 3. The van der Waals surface area contributed by atoms with Gasteiger partial charge in [0.1, 0.15) is 10.6 Å². The molecule has 19 heavy (non-hydrogen) atoms. The summed E-state index contributed by atoms with van der Waals surface area (Å²) in [5, 5.41) is 2.85. The monoisotopic (exact) mass is 276 g/mol. The zero-order chi connectivity index (χ0) is 13.4. The molecule has 0 bridgehead atoms. The molecule has 1 aliphatic heterocycles. The molecule has 2 aromatic heterocycles. The van der Waals surface area contributed by atoms with Gasteiger partial charge in [-0.2, -0.15) is 0 Å². The Morgan fingerprint density at radius 2 is 2.37 bits per heavy atom. The zero-order valence-electron chi connectivity index (χ0n) is 10.8. The Morgan fingerprint density at radius 3 is 3.11 bits per heavy atom. The number of nitrogen functional groups attached to an aromatic ring is 1. The number of amides is 1. The van der Waals surface area contributed by atoms with Gasteiger partial charge in [-0.1, -0.05) is 13.3 Å². The van der Waals surface area contributed by atoms with Crippen LogP contribution in [0.4, 0.5) is 5.82 Å². The van der Waals surface area contributed by atoms with Crippen LogP contribution in [0, 0.1) is 5.92 Å². The SMILES string of the molecule is CCC1CC(=O)N(Cc2nc(N)c3ccsc3n2)C1. The second-order valence-electron chi connectivity index (χ2n) is 4.92. The first kappa shape index (κ1) is 12.3. The summed E-state index contributed by atoms with van der Waals surface area (Å²) in [6.45, 7) is 3.39. The Bertz CT molecular complexity index is 624. The van der Waals surface area contributed by atoms with Crippen LogP contribution in [0.15, 0.2) is 11.4 Å². The second kappa shape index (κ2) is 4.77. The van der Waals surface area contributed by atoms with Crippen LogP contribution in [-0.4, -0.2) is 27.3 Å². The Hall–Kier alpha value is -1.69. The number of rotatable bonds is 3. The lowest BCUT2D eigenvalue weighted by Gasteiger charge is -2.15. The highest BCUT2D eigenvalue weighted by Gasteiger charge is 2.28. The minimum absolute atomic E-state index is 0.195. The fourth-order valence-corrected chi connectivity index (χ4v) is 3.24. The number of likely N-dealkylation sites (tertiary alicyclic amines) is 1. The van der Waals surface area contributed by atoms with Crippen LogP contribution in [0.3, 0.4) is 0 Å². The molecule has 0 spiro atoms. The van der Waals surface area contributed by atoms with E-state index in [4.69, 9.17) is 5.73 Å². The molecule has 0 aromatic carbocycles. The maximum atomic E-state index is 11.9. The van der Waals surface area contributed by atoms with Crippen LogP contribution >= 0.6 is 11.3 Å². The van der Waals surface area contributed by atoms with E-state index in [1.807, 2.05) is 16.3 Å². The van der Waals surface area contributed by atoms with E-state index in [0.717, 1.165) is 23.2 Å². The maximum Gasteiger partial charge on any atom is 0.223 e. The van der Waals surface area contributed by atoms with Crippen molar-refractivity contribution in [1.29, 1.82) is 0 Å². The van der Waals surface area contributed by atoms with E-state index in [0.29, 0.717) is 30.5 Å². The number of carbonyl (C=O) groups is 1. The molecule has 1 unspecified atom stereocenters. The Kier molecular flexibility index (Phi) is 3.10. The van der Waals surface area contributed by atoms with Crippen LogP contribution < -0.4 is 5.73 Å². The number of hydrogen-bond acceptors (Lipinski definition) is 5. The average molecular weight is 276 g/mol. The molecule has 100 valence electrons. The molecule has 0 saturated carbocycles. The third kappa shape index (κ3) is 2.28. The molecule has 1 amide bonds. The molecule has 5 nitrogen and oxygen atoms in total. The van der Waals surface area contributed by atoms with Gasteiger partial charge in [-0.15, -0.1) is 11.3 Å². The molecule has 1 aliphatic rings. The van der Waals surface area contributed by atoms with Gasteiger partial charge in [-0.05, 0) is 17.4 Å². The van der Waals surface area contributed by atoms with Crippen LogP contribution in [0.2, 0.25) is 0 Å². The quantitative estimate of drug-likeness (QED) is 0.931. The van der Waals surface area contributed by atoms with Gasteiger partial charge < -0.3 is 10.6 Å². The molecule has 0 radical (unpaired) electrons. The van der Waals surface area contributed by atoms with Gasteiger partial charge in [-0.25, -0.2) is 9.97 Å². The Balaban J connectivity index is 1.83. The molecule has 3 heterocycles. The van der Waals surface area contributed by atoms with Crippen molar-refractivity contribution in [2.45, 2.75) is 26.3 Å². The summed E-state index contributed by atoms with van der Waals surface area (Å²) in [5.74, 6) is 1.80. The van der Waals surface area contributed by atoms with Crippen molar-refractivity contribution in [2.24, 2.45) is 5.92 Å². The summed E-state index contributed by atoms with van der Waals surface area (Å²) in [6.07, 6.45) is 1.68. The van der Waals surface area contributed by atoms with Gasteiger partial charge in [0.2, 0.25) is 5.91 Å². The zero-order valence-corrected chi connectivity index (χ0v) is 11.6. The lowest BCUT2D eigenvalue weighted by Crippen LogP contribution is -2.25. The highest BCUT2D eigenvalue weighted by atomic mass is 32.1. The first-order chi connectivity index (χ1) is 9.17. The minimum atomic E-state index is 0.195. The third-order valence-corrected chi connectivity index (χ3v) is 4.41. The number of anilines is 1. The van der Waals surface area contributed by atoms with Crippen molar-refractivity contribution >= 4 is 33.3 Å². The van der Waals surface area contributed by atoms with E-state index in [1.54, 1.807) is 11.3 Å². The topological polar surface area (TPSA) is 72.1 Å². The molecular weight excluding hydrogens is 260 g/mol. The van der Waals surface area contributed by atoms with Gasteiger partial charge >= 0.3 is 0 Å². The molecule has 1 saturated heterocycles. The summed E-state index contributed by atoms with van der Waals surface area (Å²) in [7, 11) is 0. The van der Waals surface area contributed by atoms with Crippen LogP contribution in [0.5, 0.6) is 0 Å². The van der Waals surface area contributed by atoms with Gasteiger partial charge in [0.25, 0.3) is 0 Å². The number of hydrogen-bond donors (Lipinski definition) is 1. The molecule has 2 aromatic rings. The average Bonchev–Trinajstić information content (AvgIpc) is 2.97. The number of carbonyl (C=O) groups excluding carboxylic acids is 1. The van der Waals surface area contributed by atoms with Gasteiger partial charge in [0, 0.05) is 13.0 Å². The lowest BCUT2D eigenvalue weighted by atomic mass is 10.1.